The average Bonchev–Trinajstić information content (AvgIpc) is 3.41. The highest BCUT2D eigenvalue weighted by Crippen LogP contribution is 2.35. The molecule has 9 heteroatoms. The van der Waals surface area contributed by atoms with Crippen molar-refractivity contribution in [1.29, 1.82) is 0 Å². The third kappa shape index (κ3) is 4.29. The summed E-state index contributed by atoms with van der Waals surface area (Å²) in [7, 11) is 3.04. The number of rotatable bonds is 6. The Bertz CT molecular complexity index is 1180. The lowest BCUT2D eigenvalue weighted by atomic mass is 10.1. The summed E-state index contributed by atoms with van der Waals surface area (Å²) < 4.78 is 10.5. The van der Waals surface area contributed by atoms with Gasteiger partial charge in [-0.15, -0.1) is 10.2 Å². The van der Waals surface area contributed by atoms with Crippen LogP contribution in [0.1, 0.15) is 38.8 Å². The molecule has 1 aliphatic heterocycles. The van der Waals surface area contributed by atoms with Crippen LogP contribution < -0.4 is 19.7 Å². The molecule has 0 aliphatic carbocycles. The maximum absolute atomic E-state index is 12.7. The zero-order chi connectivity index (χ0) is 22.8. The van der Waals surface area contributed by atoms with Crippen molar-refractivity contribution < 1.29 is 19.1 Å². The Kier molecular flexibility index (Phi) is 6.09. The number of nitrogens with zero attached hydrogens (tertiary/aromatic N) is 3. The molecule has 1 unspecified atom stereocenters. The van der Waals surface area contributed by atoms with Gasteiger partial charge in [0, 0.05) is 30.6 Å². The molecule has 166 valence electrons. The predicted molar refractivity (Wildman–Crippen MR) is 123 cm³/mol. The van der Waals surface area contributed by atoms with Crippen molar-refractivity contribution in [3.8, 4) is 11.5 Å². The predicted octanol–water partition coefficient (Wildman–Crippen LogP) is 3.94. The molecule has 1 saturated heterocycles. The van der Waals surface area contributed by atoms with Crippen LogP contribution in [0.25, 0.3) is 0 Å². The number of amides is 2. The zero-order valence-electron chi connectivity index (χ0n) is 18.3. The van der Waals surface area contributed by atoms with Crippen LogP contribution in [0.5, 0.6) is 11.5 Å². The van der Waals surface area contributed by atoms with Gasteiger partial charge >= 0.3 is 0 Å². The van der Waals surface area contributed by atoms with Crippen molar-refractivity contribution in [2.75, 3.05) is 31.0 Å². The Morgan fingerprint density at radius 1 is 1.09 bits per heavy atom. The number of carbonyl (C=O) groups excluding carboxylic acids is 2. The van der Waals surface area contributed by atoms with E-state index in [4.69, 9.17) is 9.47 Å². The summed E-state index contributed by atoms with van der Waals surface area (Å²) in [5, 5.41) is 12.2. The molecule has 2 aromatic carbocycles. The van der Waals surface area contributed by atoms with Gasteiger partial charge in [0.05, 0.1) is 19.8 Å². The van der Waals surface area contributed by atoms with Crippen molar-refractivity contribution in [3.63, 3.8) is 0 Å². The third-order valence-electron chi connectivity index (χ3n) is 5.59. The van der Waals surface area contributed by atoms with Crippen LogP contribution in [0, 0.1) is 13.8 Å². The van der Waals surface area contributed by atoms with Gasteiger partial charge in [-0.25, -0.2) is 0 Å². The highest BCUT2D eigenvalue weighted by molar-refractivity contribution is 7.15. The lowest BCUT2D eigenvalue weighted by Gasteiger charge is -2.17. The van der Waals surface area contributed by atoms with Crippen LogP contribution in [0.2, 0.25) is 0 Å². The highest BCUT2D eigenvalue weighted by atomic mass is 32.1. The molecule has 0 saturated carbocycles. The molecule has 4 rings (SSSR count). The summed E-state index contributed by atoms with van der Waals surface area (Å²) in [6, 6.07) is 11.0. The van der Waals surface area contributed by atoms with E-state index in [-0.39, 0.29) is 17.7 Å². The van der Waals surface area contributed by atoms with Gasteiger partial charge in [0.25, 0.3) is 5.91 Å². The van der Waals surface area contributed by atoms with E-state index in [0.29, 0.717) is 35.2 Å². The van der Waals surface area contributed by atoms with E-state index >= 15 is 0 Å². The molecule has 1 N–H and O–H groups in total. The van der Waals surface area contributed by atoms with E-state index in [1.807, 2.05) is 32.0 Å². The van der Waals surface area contributed by atoms with Crippen molar-refractivity contribution in [2.45, 2.75) is 26.2 Å². The topological polar surface area (TPSA) is 93.7 Å². The minimum atomic E-state index is -0.355. The van der Waals surface area contributed by atoms with Crippen molar-refractivity contribution in [2.24, 2.45) is 0 Å². The Hall–Kier alpha value is -3.46. The van der Waals surface area contributed by atoms with Crippen LogP contribution in [0.15, 0.2) is 36.4 Å². The molecule has 1 aliphatic rings. The quantitative estimate of drug-likeness (QED) is 0.609. The van der Waals surface area contributed by atoms with Gasteiger partial charge in [0.2, 0.25) is 11.0 Å². The molecule has 1 fully saturated rings. The first-order chi connectivity index (χ1) is 15.4. The fourth-order valence-electron chi connectivity index (χ4n) is 3.62. The van der Waals surface area contributed by atoms with Crippen LogP contribution in [0.4, 0.5) is 10.8 Å². The first-order valence-electron chi connectivity index (χ1n) is 10.1. The van der Waals surface area contributed by atoms with Crippen molar-refractivity contribution >= 4 is 34.0 Å². The number of nitrogens with one attached hydrogen (secondary N) is 1. The standard InChI is InChI=1S/C23H24N4O4S/c1-13-5-6-16(9-14(13)2)27-12-15(10-20(27)28)22-25-26-23(32-22)24-21(29)18-8-7-17(30-3)11-19(18)31-4/h5-9,11,15H,10,12H2,1-4H3,(H,24,26,29). The van der Waals surface area contributed by atoms with Gasteiger partial charge in [-0.1, -0.05) is 17.4 Å². The van der Waals surface area contributed by atoms with E-state index < -0.39 is 0 Å². The van der Waals surface area contributed by atoms with Crippen LogP contribution in [0.3, 0.4) is 0 Å². The van der Waals surface area contributed by atoms with Gasteiger partial charge in [-0.05, 0) is 49.2 Å². The highest BCUT2D eigenvalue weighted by Gasteiger charge is 2.34. The summed E-state index contributed by atoms with van der Waals surface area (Å²) >= 11 is 1.28. The molecule has 2 heterocycles. The van der Waals surface area contributed by atoms with Gasteiger partial charge < -0.3 is 14.4 Å². The van der Waals surface area contributed by atoms with E-state index in [1.165, 1.54) is 24.0 Å². The number of aryl methyl sites for hydroxylation is 2. The van der Waals surface area contributed by atoms with Gasteiger partial charge in [0.15, 0.2) is 0 Å². The second-order valence-corrected chi connectivity index (χ2v) is 8.65. The number of hydrogen-bond donors (Lipinski definition) is 1. The number of anilines is 2. The fraction of sp³-hybridized carbons (Fsp3) is 0.304. The monoisotopic (exact) mass is 452 g/mol. The number of methoxy groups -OCH3 is 2. The molecule has 32 heavy (non-hydrogen) atoms. The normalized spacial score (nSPS) is 15.7. The Labute approximate surface area is 190 Å². The summed E-state index contributed by atoms with van der Waals surface area (Å²) in [6.07, 6.45) is 0.363. The summed E-state index contributed by atoms with van der Waals surface area (Å²) in [4.78, 5) is 27.1. The van der Waals surface area contributed by atoms with E-state index in [1.54, 1.807) is 30.2 Å². The van der Waals surface area contributed by atoms with Gasteiger partial charge in [-0.3, -0.25) is 14.9 Å². The van der Waals surface area contributed by atoms with Crippen molar-refractivity contribution in [1.82, 2.24) is 10.2 Å². The average molecular weight is 453 g/mol. The van der Waals surface area contributed by atoms with Crippen LogP contribution in [-0.2, 0) is 4.79 Å². The Balaban J connectivity index is 1.47. The fourth-order valence-corrected chi connectivity index (χ4v) is 4.45. The number of hydrogen-bond acceptors (Lipinski definition) is 7. The molecule has 2 amide bonds. The Morgan fingerprint density at radius 2 is 1.91 bits per heavy atom. The molecule has 1 aromatic heterocycles. The molecule has 0 bridgehead atoms. The van der Waals surface area contributed by atoms with Gasteiger partial charge in [-0.2, -0.15) is 0 Å². The number of carbonyl (C=O) groups is 2. The zero-order valence-corrected chi connectivity index (χ0v) is 19.2. The molecule has 1 atom stereocenters. The Morgan fingerprint density at radius 3 is 2.62 bits per heavy atom. The molecule has 3 aromatic rings. The number of ether oxygens (including phenoxy) is 2. The lowest BCUT2D eigenvalue weighted by molar-refractivity contribution is -0.117. The molecule has 0 radical (unpaired) electrons. The summed E-state index contributed by atoms with van der Waals surface area (Å²) in [5.41, 5.74) is 3.59. The minimum Gasteiger partial charge on any atom is -0.497 e. The first kappa shape index (κ1) is 21.8. The number of benzene rings is 2. The molecular weight excluding hydrogens is 428 g/mol. The largest absolute Gasteiger partial charge is 0.497 e. The van der Waals surface area contributed by atoms with E-state index in [9.17, 15) is 9.59 Å². The van der Waals surface area contributed by atoms with E-state index in [0.717, 1.165) is 16.3 Å². The maximum Gasteiger partial charge on any atom is 0.261 e. The summed E-state index contributed by atoms with van der Waals surface area (Å²) in [5.74, 6) is 0.629. The second kappa shape index (κ2) is 8.96. The first-order valence-corrected chi connectivity index (χ1v) is 11.0. The summed E-state index contributed by atoms with van der Waals surface area (Å²) in [6.45, 7) is 4.62. The van der Waals surface area contributed by atoms with Crippen molar-refractivity contribution in [3.05, 3.63) is 58.1 Å². The number of aromatic nitrogens is 2. The smallest absolute Gasteiger partial charge is 0.261 e. The van der Waals surface area contributed by atoms with E-state index in [2.05, 4.69) is 15.5 Å². The molecular formula is C23H24N4O4S. The van der Waals surface area contributed by atoms with Crippen LogP contribution in [-0.4, -0.2) is 42.8 Å². The lowest BCUT2D eigenvalue weighted by Crippen LogP contribution is -2.24. The van der Waals surface area contributed by atoms with Gasteiger partial charge in [0.1, 0.15) is 16.5 Å². The van der Waals surface area contributed by atoms with Crippen LogP contribution >= 0.6 is 11.3 Å². The third-order valence-corrected chi connectivity index (χ3v) is 6.59. The molecule has 0 spiro atoms. The SMILES string of the molecule is COc1ccc(C(=O)Nc2nnc(C3CC(=O)N(c4ccc(C)c(C)c4)C3)s2)c(OC)c1. The minimum absolute atomic E-state index is 0.0574. The molecule has 8 nitrogen and oxygen atoms in total. The second-order valence-electron chi connectivity index (χ2n) is 7.64. The maximum atomic E-state index is 12.7.